The molecule has 1 N–H and O–H groups in total. The Morgan fingerprint density at radius 2 is 1.81 bits per heavy atom. The SMILES string of the molecule is CC[C@H](C)C(=O)Nc1cc(S(=O)(=O)N(CC)CC)ccc1N1CCCC1. The van der Waals surface area contributed by atoms with Gasteiger partial charge in [-0.25, -0.2) is 8.42 Å². The van der Waals surface area contributed by atoms with Gasteiger partial charge in [0, 0.05) is 32.1 Å². The minimum Gasteiger partial charge on any atom is -0.370 e. The molecule has 1 heterocycles. The van der Waals surface area contributed by atoms with Crippen molar-refractivity contribution >= 4 is 27.3 Å². The molecule has 0 saturated carbocycles. The number of hydrogen-bond donors (Lipinski definition) is 1. The van der Waals surface area contributed by atoms with Crippen LogP contribution in [0.25, 0.3) is 0 Å². The van der Waals surface area contributed by atoms with Crippen molar-refractivity contribution in [2.45, 2.75) is 51.9 Å². The Bertz CT molecular complexity index is 724. The molecule has 2 rings (SSSR count). The van der Waals surface area contributed by atoms with Crippen molar-refractivity contribution in [1.82, 2.24) is 4.31 Å². The fourth-order valence-electron chi connectivity index (χ4n) is 3.16. The van der Waals surface area contributed by atoms with Gasteiger partial charge in [-0.15, -0.1) is 0 Å². The normalized spacial score (nSPS) is 16.1. The molecular weight excluding hydrogens is 350 g/mol. The molecule has 7 heteroatoms. The van der Waals surface area contributed by atoms with E-state index in [4.69, 9.17) is 0 Å². The number of rotatable bonds is 8. The molecule has 0 unspecified atom stereocenters. The van der Waals surface area contributed by atoms with Crippen LogP contribution in [0.5, 0.6) is 0 Å². The van der Waals surface area contributed by atoms with E-state index in [1.807, 2.05) is 33.8 Å². The highest BCUT2D eigenvalue weighted by molar-refractivity contribution is 7.89. The molecule has 1 aromatic rings. The molecule has 0 bridgehead atoms. The predicted octanol–water partition coefficient (Wildman–Crippen LogP) is 3.30. The first-order chi connectivity index (χ1) is 12.3. The van der Waals surface area contributed by atoms with Gasteiger partial charge < -0.3 is 10.2 Å². The maximum Gasteiger partial charge on any atom is 0.243 e. The van der Waals surface area contributed by atoms with Crippen LogP contribution in [0.3, 0.4) is 0 Å². The predicted molar refractivity (Wildman–Crippen MR) is 106 cm³/mol. The molecule has 1 atom stereocenters. The monoisotopic (exact) mass is 381 g/mol. The Morgan fingerprint density at radius 1 is 1.19 bits per heavy atom. The largest absolute Gasteiger partial charge is 0.370 e. The summed E-state index contributed by atoms with van der Waals surface area (Å²) in [6.45, 7) is 10.2. The minimum absolute atomic E-state index is 0.0784. The van der Waals surface area contributed by atoms with E-state index in [0.29, 0.717) is 18.8 Å². The number of nitrogens with zero attached hydrogens (tertiary/aromatic N) is 2. The van der Waals surface area contributed by atoms with Crippen molar-refractivity contribution in [2.24, 2.45) is 5.92 Å². The summed E-state index contributed by atoms with van der Waals surface area (Å²) in [6, 6.07) is 5.09. The number of nitrogens with one attached hydrogen (secondary N) is 1. The van der Waals surface area contributed by atoms with Gasteiger partial charge in [0.25, 0.3) is 0 Å². The molecule has 0 radical (unpaired) electrons. The van der Waals surface area contributed by atoms with Crippen LogP contribution in [0, 0.1) is 5.92 Å². The van der Waals surface area contributed by atoms with Crippen molar-refractivity contribution in [1.29, 1.82) is 0 Å². The Balaban J connectivity index is 2.44. The Hall–Kier alpha value is -1.60. The van der Waals surface area contributed by atoms with Crippen LogP contribution in [-0.2, 0) is 14.8 Å². The van der Waals surface area contributed by atoms with E-state index in [1.165, 1.54) is 4.31 Å². The van der Waals surface area contributed by atoms with E-state index < -0.39 is 10.0 Å². The quantitative estimate of drug-likeness (QED) is 0.750. The first kappa shape index (κ1) is 20.7. The number of carbonyl (C=O) groups is 1. The highest BCUT2D eigenvalue weighted by Gasteiger charge is 2.25. The summed E-state index contributed by atoms with van der Waals surface area (Å²) in [5.41, 5.74) is 1.49. The van der Waals surface area contributed by atoms with Gasteiger partial charge in [0.15, 0.2) is 0 Å². The van der Waals surface area contributed by atoms with Gasteiger partial charge in [-0.1, -0.05) is 27.7 Å². The van der Waals surface area contributed by atoms with Gasteiger partial charge >= 0.3 is 0 Å². The molecule has 1 amide bonds. The zero-order valence-corrected chi connectivity index (χ0v) is 17.1. The van der Waals surface area contributed by atoms with Crippen molar-refractivity contribution in [2.75, 3.05) is 36.4 Å². The molecule has 1 saturated heterocycles. The molecule has 6 nitrogen and oxygen atoms in total. The van der Waals surface area contributed by atoms with Gasteiger partial charge in [-0.3, -0.25) is 4.79 Å². The molecule has 1 aromatic carbocycles. The molecule has 146 valence electrons. The van der Waals surface area contributed by atoms with E-state index in [2.05, 4.69) is 10.2 Å². The lowest BCUT2D eigenvalue weighted by Gasteiger charge is -2.24. The summed E-state index contributed by atoms with van der Waals surface area (Å²) >= 11 is 0. The topological polar surface area (TPSA) is 69.7 Å². The van der Waals surface area contributed by atoms with Crippen LogP contribution in [0.1, 0.15) is 47.0 Å². The summed E-state index contributed by atoms with van der Waals surface area (Å²) in [5, 5.41) is 2.96. The smallest absolute Gasteiger partial charge is 0.243 e. The van der Waals surface area contributed by atoms with Crippen LogP contribution in [-0.4, -0.2) is 44.8 Å². The molecule has 1 fully saturated rings. The van der Waals surface area contributed by atoms with Gasteiger partial charge in [-0.2, -0.15) is 4.31 Å². The van der Waals surface area contributed by atoms with Gasteiger partial charge in [-0.05, 0) is 37.5 Å². The van der Waals surface area contributed by atoms with Crippen molar-refractivity contribution in [3.8, 4) is 0 Å². The minimum atomic E-state index is -3.56. The van der Waals surface area contributed by atoms with Crippen molar-refractivity contribution in [3.05, 3.63) is 18.2 Å². The van der Waals surface area contributed by atoms with Crippen LogP contribution in [0.15, 0.2) is 23.1 Å². The average Bonchev–Trinajstić information content (AvgIpc) is 3.16. The van der Waals surface area contributed by atoms with E-state index in [0.717, 1.165) is 38.0 Å². The summed E-state index contributed by atoms with van der Waals surface area (Å²) in [7, 11) is -3.56. The Labute approximate surface area is 157 Å². The molecule has 0 spiro atoms. The molecule has 26 heavy (non-hydrogen) atoms. The lowest BCUT2D eigenvalue weighted by molar-refractivity contribution is -0.119. The first-order valence-electron chi connectivity index (χ1n) is 9.55. The summed E-state index contributed by atoms with van der Waals surface area (Å²) in [4.78, 5) is 14.9. The lowest BCUT2D eigenvalue weighted by Crippen LogP contribution is -2.31. The van der Waals surface area contributed by atoms with Crippen LogP contribution in [0.4, 0.5) is 11.4 Å². The standard InChI is InChI=1S/C19H31N3O3S/c1-5-15(4)19(23)20-17-14-16(26(24,25)22(6-2)7-3)10-11-18(17)21-12-8-9-13-21/h10-11,14-15H,5-9,12-13H2,1-4H3,(H,20,23)/t15-/m0/s1. The zero-order chi connectivity index (χ0) is 19.3. The highest BCUT2D eigenvalue weighted by Crippen LogP contribution is 2.32. The Morgan fingerprint density at radius 3 is 2.35 bits per heavy atom. The number of sulfonamides is 1. The van der Waals surface area contributed by atoms with Gasteiger partial charge in [0.1, 0.15) is 0 Å². The van der Waals surface area contributed by atoms with E-state index >= 15 is 0 Å². The van der Waals surface area contributed by atoms with E-state index in [9.17, 15) is 13.2 Å². The average molecular weight is 382 g/mol. The molecular formula is C19H31N3O3S. The third-order valence-electron chi connectivity index (χ3n) is 5.08. The van der Waals surface area contributed by atoms with Gasteiger partial charge in [0.05, 0.1) is 16.3 Å². The van der Waals surface area contributed by atoms with Crippen molar-refractivity contribution < 1.29 is 13.2 Å². The van der Waals surface area contributed by atoms with E-state index in [-0.39, 0.29) is 16.7 Å². The van der Waals surface area contributed by atoms with Crippen LogP contribution >= 0.6 is 0 Å². The fourth-order valence-corrected chi connectivity index (χ4v) is 4.65. The lowest BCUT2D eigenvalue weighted by atomic mass is 10.1. The second-order valence-electron chi connectivity index (χ2n) is 6.76. The Kier molecular flexibility index (Phi) is 7.06. The maximum absolute atomic E-state index is 12.9. The number of carbonyl (C=O) groups excluding carboxylic acids is 1. The summed E-state index contributed by atoms with van der Waals surface area (Å²) in [5.74, 6) is -0.199. The molecule has 1 aliphatic heterocycles. The van der Waals surface area contributed by atoms with Crippen LogP contribution in [0.2, 0.25) is 0 Å². The van der Waals surface area contributed by atoms with Crippen LogP contribution < -0.4 is 10.2 Å². The molecule has 1 aliphatic rings. The second kappa shape index (κ2) is 8.86. The number of amides is 1. The molecule has 0 aliphatic carbocycles. The summed E-state index contributed by atoms with van der Waals surface area (Å²) < 4.78 is 27.1. The van der Waals surface area contributed by atoms with Gasteiger partial charge in [0.2, 0.25) is 15.9 Å². The maximum atomic E-state index is 12.9. The summed E-state index contributed by atoms with van der Waals surface area (Å²) in [6.07, 6.45) is 2.96. The highest BCUT2D eigenvalue weighted by atomic mass is 32.2. The number of anilines is 2. The van der Waals surface area contributed by atoms with E-state index in [1.54, 1.807) is 12.1 Å². The number of hydrogen-bond acceptors (Lipinski definition) is 4. The molecule has 0 aromatic heterocycles. The van der Waals surface area contributed by atoms with Crippen molar-refractivity contribution in [3.63, 3.8) is 0 Å². The first-order valence-corrected chi connectivity index (χ1v) is 11.0. The second-order valence-corrected chi connectivity index (χ2v) is 8.70. The fraction of sp³-hybridized carbons (Fsp3) is 0.632. The zero-order valence-electron chi connectivity index (χ0n) is 16.3. The number of benzene rings is 1. The third-order valence-corrected chi connectivity index (χ3v) is 7.12. The third kappa shape index (κ3) is 4.38.